The molecule has 4 nitrogen and oxygen atoms in total. The zero-order chi connectivity index (χ0) is 17.4. The number of Topliss-reactive ketones (excluding diaryl/α,β-unsaturated/α-hetero) is 1. The number of nitrogens with zero attached hydrogens (tertiary/aromatic N) is 1. The van der Waals surface area contributed by atoms with E-state index in [-0.39, 0.29) is 11.7 Å². The molecule has 1 amide bonds. The molecule has 1 aliphatic carbocycles. The molecule has 0 atom stereocenters. The van der Waals surface area contributed by atoms with Crippen molar-refractivity contribution in [2.45, 2.75) is 26.2 Å². The van der Waals surface area contributed by atoms with Crippen LogP contribution in [0.2, 0.25) is 0 Å². The van der Waals surface area contributed by atoms with E-state index in [9.17, 15) is 9.59 Å². The van der Waals surface area contributed by atoms with Crippen LogP contribution in [0.3, 0.4) is 0 Å². The first-order valence-electron chi connectivity index (χ1n) is 8.46. The molecule has 0 saturated heterocycles. The van der Waals surface area contributed by atoms with Gasteiger partial charge in [-0.15, -0.1) is 0 Å². The van der Waals surface area contributed by atoms with Crippen molar-refractivity contribution in [1.82, 2.24) is 4.98 Å². The number of aromatic nitrogens is 1. The highest BCUT2D eigenvalue weighted by Gasteiger charge is 2.23. The quantitative estimate of drug-likeness (QED) is 0.733. The first-order chi connectivity index (χ1) is 12.1. The summed E-state index contributed by atoms with van der Waals surface area (Å²) in [5.74, 6) is -0.163. The summed E-state index contributed by atoms with van der Waals surface area (Å²) in [4.78, 5) is 29.3. The maximum atomic E-state index is 13.0. The summed E-state index contributed by atoms with van der Waals surface area (Å²) >= 11 is 0. The average molecular weight is 330 g/mol. The molecule has 25 heavy (non-hydrogen) atoms. The van der Waals surface area contributed by atoms with E-state index in [1.807, 2.05) is 24.3 Å². The van der Waals surface area contributed by atoms with Gasteiger partial charge in [-0.2, -0.15) is 0 Å². The number of carbonyl (C=O) groups excluding carboxylic acids is 2. The van der Waals surface area contributed by atoms with Crippen molar-refractivity contribution in [3.05, 3.63) is 70.9 Å². The van der Waals surface area contributed by atoms with Gasteiger partial charge in [-0.3, -0.25) is 14.6 Å². The Morgan fingerprint density at radius 1 is 1.04 bits per heavy atom. The number of benzene rings is 2. The Bertz CT molecular complexity index is 1010. The predicted octanol–water partition coefficient (Wildman–Crippen LogP) is 4.18. The maximum Gasteiger partial charge on any atom is 0.256 e. The summed E-state index contributed by atoms with van der Waals surface area (Å²) in [5.41, 5.74) is 4.87. The standard InChI is InChI=1S/C21H18N2O2/c1-13(24)14-6-4-7-15(12-14)22-21(25)20-16-8-2-3-10-18(16)23-19-11-5-9-17(19)20/h2-4,6-8,10,12H,5,9,11H2,1H3,(H,22,25). The number of pyridine rings is 1. The first kappa shape index (κ1) is 15.5. The topological polar surface area (TPSA) is 59.1 Å². The van der Waals surface area contributed by atoms with Gasteiger partial charge in [0.05, 0.1) is 11.1 Å². The van der Waals surface area contributed by atoms with Crippen molar-refractivity contribution in [1.29, 1.82) is 0 Å². The highest BCUT2D eigenvalue weighted by molar-refractivity contribution is 6.14. The smallest absolute Gasteiger partial charge is 0.256 e. The average Bonchev–Trinajstić information content (AvgIpc) is 3.07. The van der Waals surface area contributed by atoms with Gasteiger partial charge in [0, 0.05) is 22.3 Å². The molecule has 0 aliphatic heterocycles. The van der Waals surface area contributed by atoms with E-state index < -0.39 is 0 Å². The lowest BCUT2D eigenvalue weighted by Crippen LogP contribution is -2.16. The van der Waals surface area contributed by atoms with E-state index in [0.29, 0.717) is 16.8 Å². The zero-order valence-corrected chi connectivity index (χ0v) is 14.0. The lowest BCUT2D eigenvalue weighted by molar-refractivity contribution is 0.101. The predicted molar refractivity (Wildman–Crippen MR) is 98.2 cm³/mol. The van der Waals surface area contributed by atoms with Crippen LogP contribution in [0, 0.1) is 0 Å². The van der Waals surface area contributed by atoms with Gasteiger partial charge in [0.25, 0.3) is 5.91 Å². The Labute approximate surface area is 145 Å². The second kappa shape index (κ2) is 6.13. The van der Waals surface area contributed by atoms with Crippen molar-refractivity contribution in [2.24, 2.45) is 0 Å². The lowest BCUT2D eigenvalue weighted by atomic mass is 10.0. The minimum absolute atomic E-state index is 0.0219. The van der Waals surface area contributed by atoms with E-state index in [1.54, 1.807) is 24.3 Å². The van der Waals surface area contributed by atoms with Crippen LogP contribution >= 0.6 is 0 Å². The van der Waals surface area contributed by atoms with Crippen LogP contribution in [-0.2, 0) is 12.8 Å². The molecule has 0 unspecified atom stereocenters. The molecule has 0 fully saturated rings. The number of aryl methyl sites for hydroxylation is 1. The van der Waals surface area contributed by atoms with E-state index >= 15 is 0 Å². The minimum atomic E-state index is -0.141. The Hall–Kier alpha value is -3.01. The van der Waals surface area contributed by atoms with Gasteiger partial charge in [-0.05, 0) is 49.9 Å². The summed E-state index contributed by atoms with van der Waals surface area (Å²) in [5, 5.41) is 3.83. The summed E-state index contributed by atoms with van der Waals surface area (Å²) in [6.07, 6.45) is 2.82. The number of hydrogen-bond acceptors (Lipinski definition) is 3. The van der Waals surface area contributed by atoms with Crippen molar-refractivity contribution in [3.63, 3.8) is 0 Å². The second-order valence-electron chi connectivity index (χ2n) is 6.37. The Morgan fingerprint density at radius 3 is 2.72 bits per heavy atom. The monoisotopic (exact) mass is 330 g/mol. The molecule has 1 aromatic heterocycles. The van der Waals surface area contributed by atoms with Gasteiger partial charge < -0.3 is 5.32 Å². The summed E-state index contributed by atoms with van der Waals surface area (Å²) in [6, 6.07) is 14.8. The van der Waals surface area contributed by atoms with Crippen molar-refractivity contribution < 1.29 is 9.59 Å². The molecular formula is C21H18N2O2. The number of nitrogens with one attached hydrogen (secondary N) is 1. The highest BCUT2D eigenvalue weighted by Crippen LogP contribution is 2.30. The van der Waals surface area contributed by atoms with Crippen molar-refractivity contribution in [3.8, 4) is 0 Å². The largest absolute Gasteiger partial charge is 0.322 e. The Morgan fingerprint density at radius 2 is 1.88 bits per heavy atom. The molecule has 1 heterocycles. The Kier molecular flexibility index (Phi) is 3.80. The fourth-order valence-corrected chi connectivity index (χ4v) is 3.48. The van der Waals surface area contributed by atoms with Crippen LogP contribution in [0.5, 0.6) is 0 Å². The van der Waals surface area contributed by atoms with Gasteiger partial charge >= 0.3 is 0 Å². The zero-order valence-electron chi connectivity index (χ0n) is 14.0. The number of hydrogen-bond donors (Lipinski definition) is 1. The van der Waals surface area contributed by atoms with Gasteiger partial charge in [-0.25, -0.2) is 0 Å². The molecule has 0 spiro atoms. The van der Waals surface area contributed by atoms with E-state index in [2.05, 4.69) is 5.32 Å². The van der Waals surface area contributed by atoms with Gasteiger partial charge in [-0.1, -0.05) is 30.3 Å². The number of para-hydroxylation sites is 1. The van der Waals surface area contributed by atoms with Crippen LogP contribution in [0.4, 0.5) is 5.69 Å². The molecule has 1 N–H and O–H groups in total. The van der Waals surface area contributed by atoms with Gasteiger partial charge in [0.2, 0.25) is 0 Å². The van der Waals surface area contributed by atoms with E-state index in [0.717, 1.165) is 41.4 Å². The van der Waals surface area contributed by atoms with E-state index in [4.69, 9.17) is 4.98 Å². The molecule has 4 heteroatoms. The number of carbonyl (C=O) groups is 2. The number of rotatable bonds is 3. The molecule has 0 bridgehead atoms. The number of anilines is 1. The van der Waals surface area contributed by atoms with Crippen LogP contribution in [0.25, 0.3) is 10.9 Å². The third-order valence-corrected chi connectivity index (χ3v) is 4.67. The first-order valence-corrected chi connectivity index (χ1v) is 8.46. The lowest BCUT2D eigenvalue weighted by Gasteiger charge is -2.13. The molecule has 3 aromatic rings. The van der Waals surface area contributed by atoms with Crippen LogP contribution in [0.15, 0.2) is 48.5 Å². The van der Waals surface area contributed by atoms with Crippen molar-refractivity contribution >= 4 is 28.3 Å². The van der Waals surface area contributed by atoms with Crippen LogP contribution < -0.4 is 5.32 Å². The number of fused-ring (bicyclic) bond motifs is 2. The van der Waals surface area contributed by atoms with Crippen LogP contribution in [-0.4, -0.2) is 16.7 Å². The highest BCUT2D eigenvalue weighted by atomic mass is 16.1. The molecular weight excluding hydrogens is 312 g/mol. The number of amides is 1. The minimum Gasteiger partial charge on any atom is -0.322 e. The summed E-state index contributed by atoms with van der Waals surface area (Å²) in [7, 11) is 0. The van der Waals surface area contributed by atoms with Gasteiger partial charge in [0.15, 0.2) is 5.78 Å². The van der Waals surface area contributed by atoms with E-state index in [1.165, 1.54) is 6.92 Å². The molecule has 1 aliphatic rings. The van der Waals surface area contributed by atoms with Crippen LogP contribution in [0.1, 0.15) is 45.3 Å². The van der Waals surface area contributed by atoms with Gasteiger partial charge in [0.1, 0.15) is 0 Å². The third kappa shape index (κ3) is 2.80. The van der Waals surface area contributed by atoms with Crippen molar-refractivity contribution in [2.75, 3.05) is 5.32 Å². The number of ketones is 1. The fourth-order valence-electron chi connectivity index (χ4n) is 3.48. The molecule has 0 saturated carbocycles. The second-order valence-corrected chi connectivity index (χ2v) is 6.37. The molecule has 124 valence electrons. The summed E-state index contributed by atoms with van der Waals surface area (Å²) in [6.45, 7) is 1.52. The molecule has 2 aromatic carbocycles. The molecule has 0 radical (unpaired) electrons. The normalized spacial score (nSPS) is 12.8. The SMILES string of the molecule is CC(=O)c1cccc(NC(=O)c2c3c(nc4ccccc24)CCC3)c1. The summed E-state index contributed by atoms with van der Waals surface area (Å²) < 4.78 is 0. The maximum absolute atomic E-state index is 13.0. The molecule has 4 rings (SSSR count). The third-order valence-electron chi connectivity index (χ3n) is 4.67. The Balaban J connectivity index is 1.78. The fraction of sp³-hybridized carbons (Fsp3) is 0.190.